The first-order chi connectivity index (χ1) is 48.1. The van der Waals surface area contributed by atoms with Crippen molar-refractivity contribution >= 4 is 101 Å². The van der Waals surface area contributed by atoms with Crippen molar-refractivity contribution in [1.82, 2.24) is 63.8 Å². The Balaban J connectivity index is 7.00. The zero-order chi connectivity index (χ0) is 79.0. The van der Waals surface area contributed by atoms with E-state index in [1.54, 1.807) is 34.6 Å². The number of carboxylic acid groups (broad SMARTS) is 3. The molecule has 0 aromatic rings. The summed E-state index contributed by atoms with van der Waals surface area (Å²) >= 11 is 0. The molecule has 13 amide bonds. The molecule has 0 aliphatic rings. The molecule has 0 rings (SSSR count). The van der Waals surface area contributed by atoms with Gasteiger partial charge in [-0.05, 0) is 129 Å². The van der Waals surface area contributed by atoms with Crippen LogP contribution in [0.1, 0.15) is 178 Å². The van der Waals surface area contributed by atoms with Crippen molar-refractivity contribution in [3.05, 3.63) is 0 Å². The molecular formula is C64H115N19O20. The zero-order valence-corrected chi connectivity index (χ0v) is 60.7. The predicted molar refractivity (Wildman–Crippen MR) is 374 cm³/mol. The Labute approximate surface area is 599 Å². The maximum atomic E-state index is 14.5. The maximum Gasteiger partial charge on any atom is 0.326 e. The minimum Gasteiger partial charge on any atom is -0.481 e. The van der Waals surface area contributed by atoms with Gasteiger partial charge in [0.25, 0.3) is 0 Å². The number of carbonyl (C=O) groups excluding carboxylic acids is 13. The SMILES string of the molecule is CCC[C@H](NC(=O)[C@H](CC(C)C)NC(=O)[C@H](C)NC(=O)[C@H](CCCCN)NC(=O)[C@@H](N)CCCCN)C(=O)N[C@H](CCCN=C(N)N)C(=O)N[C@H](CCC(N)=O)C(=O)N[C@H](CCC(=O)O)C(=O)N[C@H](C(=O)N[C@H](C(=O)N[C@@H](CC(=O)O)C(=O)N[C@@H](C)C(=O)N[C@@H](CC(C)C)C(=O)O)C(C)C)[C@H](C)O. The van der Waals surface area contributed by atoms with E-state index in [1.807, 2.05) is 0 Å². The number of nitrogens with two attached hydrogens (primary N) is 6. The Morgan fingerprint density at radius 3 is 1.17 bits per heavy atom. The van der Waals surface area contributed by atoms with E-state index in [-0.39, 0.29) is 69.3 Å². The standard InChI is InChI=1S/C64H115N19O20/c1-11-17-38(75-60(99)43(28-31(2)3)79-51(90)34(8)72-54(93)39(19-13-15-26-66)74-53(92)37(67)18-12-14-25-65)55(94)76-40(20-16-27-71-64(69)70)56(95)77-41(21-23-46(68)85)57(96)78-42(22-24-47(86)87)58(97)83-50(36(10)84)62(101)82-49(33(6)7)61(100)80-44(30-48(88)89)59(98)73-35(9)52(91)81-45(63(102)103)29-32(4)5/h31-45,49-50,84H,11-30,65-67H2,1-10H3,(H2,68,85)(H,72,93)(H,73,98)(H,74,92)(H,75,99)(H,76,94)(H,77,95)(H,78,96)(H,79,90)(H,80,100)(H,81,91)(H,82,101)(H,83,97)(H,86,87)(H,88,89)(H,102,103)(H4,69,70,71)/t34-,35-,36-,37-,38-,39-,40+,41+,42+,43-,44-,45-,49-,50-/m0/s1. The predicted octanol–water partition coefficient (Wildman–Crippen LogP) is -5.90. The monoisotopic (exact) mass is 1470 g/mol. The van der Waals surface area contributed by atoms with Gasteiger partial charge in [0.15, 0.2) is 5.96 Å². The number of primary amides is 1. The van der Waals surface area contributed by atoms with Crippen molar-refractivity contribution in [1.29, 1.82) is 0 Å². The van der Waals surface area contributed by atoms with Crippen molar-refractivity contribution in [2.24, 2.45) is 57.1 Å². The fourth-order valence-electron chi connectivity index (χ4n) is 10.0. The van der Waals surface area contributed by atoms with E-state index < -0.39 is 217 Å². The highest BCUT2D eigenvalue weighted by Crippen LogP contribution is 2.14. The molecule has 0 radical (unpaired) electrons. The molecule has 0 aromatic heterocycles. The second-order valence-corrected chi connectivity index (χ2v) is 26.5. The number of aliphatic imine (C=N–C) groups is 1. The number of aliphatic carboxylic acids is 3. The molecule has 586 valence electrons. The van der Waals surface area contributed by atoms with Gasteiger partial charge in [0.2, 0.25) is 76.8 Å². The third-order valence-corrected chi connectivity index (χ3v) is 15.8. The van der Waals surface area contributed by atoms with E-state index in [9.17, 15) is 97.1 Å². The molecule has 28 N–H and O–H groups in total. The summed E-state index contributed by atoms with van der Waals surface area (Å²) in [6, 6.07) is -19.8. The largest absolute Gasteiger partial charge is 0.481 e. The van der Waals surface area contributed by atoms with Crippen LogP contribution in [0.2, 0.25) is 0 Å². The highest BCUT2D eigenvalue weighted by atomic mass is 16.4. The van der Waals surface area contributed by atoms with Crippen LogP contribution in [0.25, 0.3) is 0 Å². The van der Waals surface area contributed by atoms with E-state index in [1.165, 1.54) is 27.7 Å². The molecule has 0 unspecified atom stereocenters. The van der Waals surface area contributed by atoms with Crippen LogP contribution in [0.5, 0.6) is 0 Å². The summed E-state index contributed by atoms with van der Waals surface area (Å²) in [6.45, 7) is 15.6. The number of rotatable bonds is 53. The minimum absolute atomic E-state index is 0.0148. The summed E-state index contributed by atoms with van der Waals surface area (Å²) in [7, 11) is 0. The first-order valence-corrected chi connectivity index (χ1v) is 34.6. The molecule has 14 atom stereocenters. The van der Waals surface area contributed by atoms with Gasteiger partial charge in [-0.1, -0.05) is 61.3 Å². The van der Waals surface area contributed by atoms with E-state index in [0.29, 0.717) is 45.2 Å². The van der Waals surface area contributed by atoms with E-state index in [2.05, 4.69) is 68.8 Å². The summed E-state index contributed by atoms with van der Waals surface area (Å²) in [6.07, 6.45) is -3.01. The highest BCUT2D eigenvalue weighted by Gasteiger charge is 2.39. The lowest BCUT2D eigenvalue weighted by Gasteiger charge is -2.29. The molecule has 0 aromatic carbocycles. The maximum absolute atomic E-state index is 14.5. The van der Waals surface area contributed by atoms with Gasteiger partial charge >= 0.3 is 17.9 Å². The van der Waals surface area contributed by atoms with Crippen molar-refractivity contribution in [2.45, 2.75) is 263 Å². The number of carboxylic acids is 3. The van der Waals surface area contributed by atoms with E-state index >= 15 is 0 Å². The molecule has 0 aliphatic carbocycles. The fraction of sp³-hybridized carbons (Fsp3) is 0.734. The van der Waals surface area contributed by atoms with Gasteiger partial charge in [-0.3, -0.25) is 76.9 Å². The van der Waals surface area contributed by atoms with Crippen LogP contribution >= 0.6 is 0 Å². The van der Waals surface area contributed by atoms with Crippen LogP contribution in [0.4, 0.5) is 0 Å². The molecule has 39 nitrogen and oxygen atoms in total. The summed E-state index contributed by atoms with van der Waals surface area (Å²) in [5.74, 6) is -19.2. The fourth-order valence-corrected chi connectivity index (χ4v) is 10.0. The Hall–Kier alpha value is -9.37. The normalized spacial score (nSPS) is 15.3. The number of unbranched alkanes of at least 4 members (excludes halogenated alkanes) is 2. The Morgan fingerprint density at radius 1 is 0.379 bits per heavy atom. The highest BCUT2D eigenvalue weighted by molar-refractivity contribution is 6.00. The van der Waals surface area contributed by atoms with Gasteiger partial charge in [0.1, 0.15) is 72.5 Å². The number of nitrogens with one attached hydrogen (secondary N) is 12. The smallest absolute Gasteiger partial charge is 0.326 e. The lowest BCUT2D eigenvalue weighted by atomic mass is 10.0. The van der Waals surface area contributed by atoms with Crippen LogP contribution in [0.3, 0.4) is 0 Å². The van der Waals surface area contributed by atoms with Gasteiger partial charge in [0.05, 0.1) is 18.6 Å². The number of nitrogens with zero attached hydrogens (tertiary/aromatic N) is 1. The zero-order valence-electron chi connectivity index (χ0n) is 60.7. The lowest BCUT2D eigenvalue weighted by molar-refractivity contribution is -0.143. The number of hydrogen-bond acceptors (Lipinski definition) is 21. The number of amides is 13. The van der Waals surface area contributed by atoms with Crippen LogP contribution in [0, 0.1) is 17.8 Å². The van der Waals surface area contributed by atoms with Crippen LogP contribution < -0.4 is 98.2 Å². The average molecular weight is 1470 g/mol. The molecule has 0 heterocycles. The Morgan fingerprint density at radius 2 is 0.748 bits per heavy atom. The van der Waals surface area contributed by atoms with Crippen molar-refractivity contribution < 1.29 is 97.1 Å². The third-order valence-electron chi connectivity index (χ3n) is 15.8. The van der Waals surface area contributed by atoms with Crippen LogP contribution in [-0.2, 0) is 76.7 Å². The number of guanidine groups is 1. The molecule has 0 fully saturated rings. The minimum atomic E-state index is -2.02. The van der Waals surface area contributed by atoms with Gasteiger partial charge in [-0.15, -0.1) is 0 Å². The molecule has 39 heteroatoms. The summed E-state index contributed by atoms with van der Waals surface area (Å²) in [4.78, 5) is 218. The quantitative estimate of drug-likeness (QED) is 0.0153. The Bertz CT molecular complexity index is 2880. The van der Waals surface area contributed by atoms with Crippen molar-refractivity contribution in [2.75, 3.05) is 19.6 Å². The molecule has 103 heavy (non-hydrogen) atoms. The second-order valence-electron chi connectivity index (χ2n) is 26.5. The molecule has 0 aliphatic heterocycles. The summed E-state index contributed by atoms with van der Waals surface area (Å²) < 4.78 is 0. The molecule has 0 spiro atoms. The van der Waals surface area contributed by atoms with Crippen molar-refractivity contribution in [3.63, 3.8) is 0 Å². The number of hydrogen-bond donors (Lipinski definition) is 22. The number of carbonyl (C=O) groups is 16. The molecular weight excluding hydrogens is 1350 g/mol. The topological polar surface area (TPSA) is 667 Å². The third kappa shape index (κ3) is 38.5. The second kappa shape index (κ2) is 49.3. The van der Waals surface area contributed by atoms with Gasteiger partial charge in [0, 0.05) is 19.4 Å². The first kappa shape index (κ1) is 93.6. The molecule has 0 saturated heterocycles. The average Bonchev–Trinajstić information content (AvgIpc) is 0.852. The number of aliphatic hydroxyl groups is 1. The Kier molecular flexibility index (Phi) is 44.8. The summed E-state index contributed by atoms with van der Waals surface area (Å²) in [5.41, 5.74) is 33.8. The van der Waals surface area contributed by atoms with Crippen LogP contribution in [0.15, 0.2) is 4.99 Å². The molecule has 0 saturated carbocycles. The summed E-state index contributed by atoms with van der Waals surface area (Å²) in [5, 5.41) is 68.8. The van der Waals surface area contributed by atoms with Crippen molar-refractivity contribution in [3.8, 4) is 0 Å². The van der Waals surface area contributed by atoms with E-state index in [0.717, 1.165) is 6.92 Å². The van der Waals surface area contributed by atoms with E-state index in [4.69, 9.17) is 34.4 Å². The van der Waals surface area contributed by atoms with Gasteiger partial charge in [-0.2, -0.15) is 0 Å². The van der Waals surface area contributed by atoms with Gasteiger partial charge in [-0.25, -0.2) is 4.79 Å². The lowest BCUT2D eigenvalue weighted by Crippen LogP contribution is -2.62. The first-order valence-electron chi connectivity index (χ1n) is 34.6. The van der Waals surface area contributed by atoms with Crippen LogP contribution in [-0.4, -0.2) is 225 Å². The number of aliphatic hydroxyl groups excluding tert-OH is 1. The van der Waals surface area contributed by atoms with Gasteiger partial charge < -0.3 is 119 Å². The molecule has 0 bridgehead atoms.